The number of aromatic nitrogens is 6. The van der Waals surface area contributed by atoms with Crippen LogP contribution in [0.4, 0.5) is 10.1 Å². The summed E-state index contributed by atoms with van der Waals surface area (Å²) in [5.74, 6) is 0.00196. The predicted octanol–water partition coefficient (Wildman–Crippen LogP) is 5.50. The van der Waals surface area contributed by atoms with Gasteiger partial charge < -0.3 is 4.90 Å². The van der Waals surface area contributed by atoms with Crippen LogP contribution in [-0.4, -0.2) is 42.2 Å². The third kappa shape index (κ3) is 5.54. The molecule has 9 nitrogen and oxygen atoms in total. The fraction of sp³-hybridized carbons (Fsp3) is 0.152. The summed E-state index contributed by atoms with van der Waals surface area (Å²) >= 11 is 0. The number of amides is 1. The van der Waals surface area contributed by atoms with Gasteiger partial charge in [0.2, 0.25) is 0 Å². The highest BCUT2D eigenvalue weighted by Crippen LogP contribution is 2.30. The normalized spacial score (nSPS) is 11.1. The Morgan fingerprint density at radius 1 is 0.930 bits per heavy atom. The fourth-order valence-corrected chi connectivity index (χ4v) is 5.12. The van der Waals surface area contributed by atoms with Crippen LogP contribution in [0.15, 0.2) is 102 Å². The third-order valence-electron chi connectivity index (χ3n) is 7.31. The molecule has 2 aromatic heterocycles. The van der Waals surface area contributed by atoms with Crippen molar-refractivity contribution in [2.45, 2.75) is 19.9 Å². The van der Waals surface area contributed by atoms with Crippen molar-refractivity contribution in [1.29, 1.82) is 0 Å². The van der Waals surface area contributed by atoms with Crippen LogP contribution in [0.1, 0.15) is 29.3 Å². The van der Waals surface area contributed by atoms with Crippen molar-refractivity contribution in [2.24, 2.45) is 7.05 Å². The van der Waals surface area contributed by atoms with E-state index in [1.807, 2.05) is 55.5 Å². The molecule has 0 radical (unpaired) electrons. The molecule has 0 N–H and O–H groups in total. The minimum absolute atomic E-state index is 0.207. The zero-order valence-corrected chi connectivity index (χ0v) is 23.7. The van der Waals surface area contributed by atoms with Crippen LogP contribution in [0, 0.1) is 5.82 Å². The molecule has 0 saturated heterocycles. The molecule has 4 aromatic carbocycles. The SMILES string of the molecule is CCCN(C(=O)c1ccc(F)cc1)c1ccc2ncn(Cc3ccc(-c4ccccc4-c4nnnn4C)cc3)c(=O)c2c1. The minimum atomic E-state index is -0.408. The van der Waals surface area contributed by atoms with Crippen molar-refractivity contribution < 1.29 is 9.18 Å². The molecule has 0 fully saturated rings. The van der Waals surface area contributed by atoms with E-state index in [0.29, 0.717) is 47.5 Å². The molecule has 2 heterocycles. The summed E-state index contributed by atoms with van der Waals surface area (Å²) in [6.07, 6.45) is 2.25. The molecule has 0 spiro atoms. The first kappa shape index (κ1) is 27.6. The van der Waals surface area contributed by atoms with Gasteiger partial charge in [-0.05, 0) is 76.0 Å². The highest BCUT2D eigenvalue weighted by molar-refractivity contribution is 6.06. The van der Waals surface area contributed by atoms with E-state index in [1.54, 1.807) is 45.7 Å². The molecule has 0 aliphatic rings. The Balaban J connectivity index is 1.29. The molecule has 43 heavy (non-hydrogen) atoms. The zero-order valence-electron chi connectivity index (χ0n) is 23.7. The third-order valence-corrected chi connectivity index (χ3v) is 7.31. The van der Waals surface area contributed by atoms with Gasteiger partial charge in [0.1, 0.15) is 5.82 Å². The number of carbonyl (C=O) groups is 1. The first-order valence-corrected chi connectivity index (χ1v) is 13.9. The van der Waals surface area contributed by atoms with Gasteiger partial charge >= 0.3 is 0 Å². The Bertz CT molecular complexity index is 1980. The maximum Gasteiger partial charge on any atom is 0.261 e. The highest BCUT2D eigenvalue weighted by Gasteiger charge is 2.19. The molecule has 0 aliphatic heterocycles. The van der Waals surface area contributed by atoms with Crippen LogP contribution >= 0.6 is 0 Å². The van der Waals surface area contributed by atoms with Gasteiger partial charge in [-0.15, -0.1) is 5.10 Å². The number of rotatable bonds is 8. The first-order valence-electron chi connectivity index (χ1n) is 13.9. The fourth-order valence-electron chi connectivity index (χ4n) is 5.12. The van der Waals surface area contributed by atoms with E-state index in [4.69, 9.17) is 0 Å². The Morgan fingerprint density at radius 2 is 1.67 bits per heavy atom. The number of benzene rings is 4. The summed E-state index contributed by atoms with van der Waals surface area (Å²) in [6.45, 7) is 2.74. The van der Waals surface area contributed by atoms with Gasteiger partial charge in [-0.1, -0.05) is 55.5 Å². The highest BCUT2D eigenvalue weighted by atomic mass is 19.1. The van der Waals surface area contributed by atoms with Crippen LogP contribution in [0.2, 0.25) is 0 Å². The Hall–Kier alpha value is -5.51. The number of anilines is 1. The Kier molecular flexibility index (Phi) is 7.57. The first-order chi connectivity index (χ1) is 20.9. The average molecular weight is 574 g/mol. The second-order valence-electron chi connectivity index (χ2n) is 10.2. The van der Waals surface area contributed by atoms with E-state index >= 15 is 0 Å². The number of carbonyl (C=O) groups excluding carboxylic acids is 1. The van der Waals surface area contributed by atoms with Crippen LogP contribution in [0.3, 0.4) is 0 Å². The molecule has 0 atom stereocenters. The van der Waals surface area contributed by atoms with Crippen molar-refractivity contribution in [1.82, 2.24) is 29.8 Å². The van der Waals surface area contributed by atoms with E-state index in [2.05, 4.69) is 20.5 Å². The second-order valence-corrected chi connectivity index (χ2v) is 10.2. The van der Waals surface area contributed by atoms with E-state index in [-0.39, 0.29) is 11.5 Å². The van der Waals surface area contributed by atoms with E-state index < -0.39 is 5.82 Å². The van der Waals surface area contributed by atoms with Gasteiger partial charge in [-0.25, -0.2) is 14.1 Å². The van der Waals surface area contributed by atoms with Crippen LogP contribution in [0.5, 0.6) is 0 Å². The van der Waals surface area contributed by atoms with E-state index in [0.717, 1.165) is 22.3 Å². The number of tetrazole rings is 1. The summed E-state index contributed by atoms with van der Waals surface area (Å²) in [5, 5.41) is 12.3. The average Bonchev–Trinajstić information content (AvgIpc) is 3.47. The van der Waals surface area contributed by atoms with Crippen LogP contribution in [-0.2, 0) is 13.6 Å². The van der Waals surface area contributed by atoms with E-state index in [1.165, 1.54) is 24.3 Å². The number of hydrogen-bond donors (Lipinski definition) is 0. The molecule has 0 saturated carbocycles. The number of nitrogens with zero attached hydrogens (tertiary/aromatic N) is 7. The molecule has 0 bridgehead atoms. The molecule has 0 unspecified atom stereocenters. The largest absolute Gasteiger partial charge is 0.308 e. The standard InChI is InChI=1S/C33H28FN7O2/c1-3-18-41(32(42)24-12-14-25(34)15-13-24)26-16-17-30-29(19-26)33(43)40(21-35-30)20-22-8-10-23(11-9-22)27-6-4-5-7-28(27)31-36-37-38-39(31)2/h4-17,19,21H,3,18,20H2,1-2H3. The van der Waals surface area contributed by atoms with Crippen LogP contribution < -0.4 is 10.5 Å². The second kappa shape index (κ2) is 11.8. The number of aryl methyl sites for hydroxylation is 1. The topological polar surface area (TPSA) is 98.8 Å². The van der Waals surface area contributed by atoms with Crippen molar-refractivity contribution >= 4 is 22.5 Å². The van der Waals surface area contributed by atoms with Gasteiger partial charge in [0, 0.05) is 30.4 Å². The summed E-state index contributed by atoms with van der Waals surface area (Å²) in [4.78, 5) is 33.0. The van der Waals surface area contributed by atoms with Gasteiger partial charge in [-0.3, -0.25) is 14.2 Å². The molecule has 6 rings (SSSR count). The van der Waals surface area contributed by atoms with Crippen molar-refractivity contribution in [2.75, 3.05) is 11.4 Å². The molecule has 0 aliphatic carbocycles. The molecule has 214 valence electrons. The lowest BCUT2D eigenvalue weighted by molar-refractivity contribution is 0.0987. The Morgan fingerprint density at radius 3 is 2.37 bits per heavy atom. The van der Waals surface area contributed by atoms with Gasteiger partial charge in [0.15, 0.2) is 5.82 Å². The number of hydrogen-bond acceptors (Lipinski definition) is 6. The monoisotopic (exact) mass is 573 g/mol. The number of halogens is 1. The molecular formula is C33H28FN7O2. The van der Waals surface area contributed by atoms with Crippen molar-refractivity contribution in [3.05, 3.63) is 125 Å². The van der Waals surface area contributed by atoms with Gasteiger partial charge in [0.05, 0.1) is 23.8 Å². The summed E-state index contributed by atoms with van der Waals surface area (Å²) < 4.78 is 16.6. The lowest BCUT2D eigenvalue weighted by atomic mass is 9.98. The maximum absolute atomic E-state index is 13.6. The lowest BCUT2D eigenvalue weighted by Gasteiger charge is -2.23. The zero-order chi connectivity index (χ0) is 29.9. The quantitative estimate of drug-likeness (QED) is 0.239. The van der Waals surface area contributed by atoms with Crippen molar-refractivity contribution in [3.63, 3.8) is 0 Å². The molecule has 10 heteroatoms. The van der Waals surface area contributed by atoms with Gasteiger partial charge in [-0.2, -0.15) is 0 Å². The van der Waals surface area contributed by atoms with E-state index in [9.17, 15) is 14.0 Å². The summed E-state index contributed by atoms with van der Waals surface area (Å²) in [6, 6.07) is 26.6. The van der Waals surface area contributed by atoms with Crippen molar-refractivity contribution in [3.8, 4) is 22.5 Å². The number of fused-ring (bicyclic) bond motifs is 1. The molecule has 1 amide bonds. The maximum atomic E-state index is 13.6. The van der Waals surface area contributed by atoms with Crippen LogP contribution in [0.25, 0.3) is 33.4 Å². The minimum Gasteiger partial charge on any atom is -0.308 e. The Labute approximate surface area is 246 Å². The lowest BCUT2D eigenvalue weighted by Crippen LogP contribution is -2.32. The van der Waals surface area contributed by atoms with Gasteiger partial charge in [0.25, 0.3) is 11.5 Å². The smallest absolute Gasteiger partial charge is 0.261 e. The predicted molar refractivity (Wildman–Crippen MR) is 163 cm³/mol. The molecule has 6 aromatic rings. The summed E-state index contributed by atoms with van der Waals surface area (Å²) in [7, 11) is 1.80. The summed E-state index contributed by atoms with van der Waals surface area (Å²) in [5.41, 5.74) is 5.14. The molecular weight excluding hydrogens is 545 g/mol.